The molecule has 0 amide bonds. The highest BCUT2D eigenvalue weighted by atomic mass is 16.1. The van der Waals surface area contributed by atoms with Gasteiger partial charge in [-0.3, -0.25) is 4.79 Å². The molecule has 1 saturated carbocycles. The molecular weight excluding hydrogens is 220 g/mol. The van der Waals surface area contributed by atoms with Crippen molar-refractivity contribution in [1.29, 1.82) is 0 Å². The first-order chi connectivity index (χ1) is 8.81. The van der Waals surface area contributed by atoms with Gasteiger partial charge in [-0.25, -0.2) is 0 Å². The highest BCUT2D eigenvalue weighted by Crippen LogP contribution is 2.34. The topological polar surface area (TPSA) is 17.1 Å². The Morgan fingerprint density at radius 1 is 1.17 bits per heavy atom. The van der Waals surface area contributed by atoms with E-state index in [0.717, 1.165) is 31.6 Å². The van der Waals surface area contributed by atoms with Crippen LogP contribution in [0.4, 0.5) is 0 Å². The van der Waals surface area contributed by atoms with Crippen LogP contribution in [0.2, 0.25) is 0 Å². The maximum atomic E-state index is 12.5. The summed E-state index contributed by atoms with van der Waals surface area (Å²) in [6.45, 7) is 2.27. The zero-order chi connectivity index (χ0) is 12.8. The average molecular weight is 248 g/mol. The summed E-state index contributed by atoms with van der Waals surface area (Å²) >= 11 is 0. The second-order valence-corrected chi connectivity index (χ2v) is 6.20. The van der Waals surface area contributed by atoms with Crippen LogP contribution in [0.1, 0.15) is 77.6 Å². The molecule has 0 atom stereocenters. The molecule has 102 valence electrons. The molecule has 2 aliphatic rings. The molecule has 0 aromatic rings. The van der Waals surface area contributed by atoms with E-state index in [-0.39, 0.29) is 0 Å². The van der Waals surface area contributed by atoms with E-state index < -0.39 is 0 Å². The van der Waals surface area contributed by atoms with E-state index in [4.69, 9.17) is 0 Å². The van der Waals surface area contributed by atoms with Gasteiger partial charge in [0.25, 0.3) is 0 Å². The van der Waals surface area contributed by atoms with Gasteiger partial charge in [-0.2, -0.15) is 0 Å². The molecule has 0 bridgehead atoms. The number of carbonyl (C=O) groups excluding carboxylic acids is 1. The summed E-state index contributed by atoms with van der Waals surface area (Å²) in [6.07, 6.45) is 15.8. The number of rotatable bonds is 4. The van der Waals surface area contributed by atoms with Gasteiger partial charge < -0.3 is 0 Å². The Kier molecular flexibility index (Phi) is 5.46. The zero-order valence-electron chi connectivity index (χ0n) is 11.9. The Morgan fingerprint density at radius 2 is 1.94 bits per heavy atom. The van der Waals surface area contributed by atoms with E-state index in [2.05, 4.69) is 13.0 Å². The molecule has 0 spiro atoms. The molecule has 0 aromatic heterocycles. The van der Waals surface area contributed by atoms with Gasteiger partial charge in [0.1, 0.15) is 0 Å². The van der Waals surface area contributed by atoms with Gasteiger partial charge in [0, 0.05) is 5.92 Å². The molecule has 1 fully saturated rings. The van der Waals surface area contributed by atoms with E-state index in [1.165, 1.54) is 50.5 Å². The minimum absolute atomic E-state index is 0.363. The van der Waals surface area contributed by atoms with Gasteiger partial charge >= 0.3 is 0 Å². The van der Waals surface area contributed by atoms with Crippen LogP contribution >= 0.6 is 0 Å². The molecule has 0 N–H and O–H groups in total. The summed E-state index contributed by atoms with van der Waals surface area (Å²) in [5.41, 5.74) is 1.17. The van der Waals surface area contributed by atoms with Gasteiger partial charge in [0.2, 0.25) is 0 Å². The Labute approximate surface area is 112 Å². The highest BCUT2D eigenvalue weighted by molar-refractivity contribution is 5.97. The third-order valence-corrected chi connectivity index (χ3v) is 4.77. The van der Waals surface area contributed by atoms with Crippen molar-refractivity contribution in [1.82, 2.24) is 0 Å². The lowest BCUT2D eigenvalue weighted by Crippen LogP contribution is -2.23. The van der Waals surface area contributed by atoms with Crippen molar-refractivity contribution in [3.63, 3.8) is 0 Å². The van der Waals surface area contributed by atoms with Crippen LogP contribution in [-0.2, 0) is 4.79 Å². The summed E-state index contributed by atoms with van der Waals surface area (Å²) in [6, 6.07) is 0. The van der Waals surface area contributed by atoms with Crippen LogP contribution < -0.4 is 0 Å². The molecule has 2 aliphatic carbocycles. The van der Waals surface area contributed by atoms with Crippen molar-refractivity contribution >= 4 is 5.78 Å². The highest BCUT2D eigenvalue weighted by Gasteiger charge is 2.27. The van der Waals surface area contributed by atoms with E-state index in [1.54, 1.807) is 0 Å². The molecule has 1 nitrogen and oxygen atoms in total. The van der Waals surface area contributed by atoms with Gasteiger partial charge in [-0.1, -0.05) is 32.3 Å². The van der Waals surface area contributed by atoms with Crippen molar-refractivity contribution in [3.8, 4) is 0 Å². The first-order valence-electron chi connectivity index (χ1n) is 8.04. The number of carbonyl (C=O) groups is 1. The first-order valence-corrected chi connectivity index (χ1v) is 8.04. The van der Waals surface area contributed by atoms with Crippen molar-refractivity contribution in [2.24, 2.45) is 11.8 Å². The summed E-state index contributed by atoms with van der Waals surface area (Å²) < 4.78 is 0. The lowest BCUT2D eigenvalue weighted by Gasteiger charge is -2.28. The second-order valence-electron chi connectivity index (χ2n) is 6.20. The summed E-state index contributed by atoms with van der Waals surface area (Å²) in [5.74, 6) is 1.77. The molecule has 0 unspecified atom stereocenters. The monoisotopic (exact) mass is 248 g/mol. The lowest BCUT2D eigenvalue weighted by atomic mass is 9.76. The third kappa shape index (κ3) is 3.70. The molecular formula is C17H28O. The molecule has 2 rings (SSSR count). The summed E-state index contributed by atoms with van der Waals surface area (Å²) in [5, 5.41) is 0. The van der Waals surface area contributed by atoms with Gasteiger partial charge in [0.05, 0.1) is 0 Å². The molecule has 0 aliphatic heterocycles. The van der Waals surface area contributed by atoms with E-state index in [0.29, 0.717) is 11.7 Å². The van der Waals surface area contributed by atoms with Crippen LogP contribution in [0, 0.1) is 11.8 Å². The molecule has 18 heavy (non-hydrogen) atoms. The first kappa shape index (κ1) is 13.8. The standard InChI is InChI=1S/C17H28O/c1-2-7-14-10-12-16(13-11-14)17(18)15-8-5-3-4-6-9-15/h8,14,16H,2-7,9-13H2,1H3. The van der Waals surface area contributed by atoms with Crippen LogP contribution in [0.5, 0.6) is 0 Å². The fourth-order valence-corrected chi connectivity index (χ4v) is 3.62. The Bertz CT molecular complexity index is 295. The quantitative estimate of drug-likeness (QED) is 0.680. The molecule has 0 radical (unpaired) electrons. The Morgan fingerprint density at radius 3 is 2.67 bits per heavy atom. The summed E-state index contributed by atoms with van der Waals surface area (Å²) in [7, 11) is 0. The maximum Gasteiger partial charge on any atom is 0.161 e. The number of Topliss-reactive ketones (excluding diaryl/α,β-unsaturated/α-hetero) is 1. The fourth-order valence-electron chi connectivity index (χ4n) is 3.62. The van der Waals surface area contributed by atoms with E-state index in [1.807, 2.05) is 0 Å². The molecule has 0 aromatic carbocycles. The smallest absolute Gasteiger partial charge is 0.161 e. The van der Waals surface area contributed by atoms with Crippen LogP contribution in [0.3, 0.4) is 0 Å². The van der Waals surface area contributed by atoms with Crippen LogP contribution in [0.25, 0.3) is 0 Å². The van der Waals surface area contributed by atoms with Crippen molar-refractivity contribution in [2.75, 3.05) is 0 Å². The zero-order valence-corrected chi connectivity index (χ0v) is 11.9. The Balaban J connectivity index is 1.85. The second kappa shape index (κ2) is 7.11. The molecule has 1 heteroatoms. The van der Waals surface area contributed by atoms with Crippen molar-refractivity contribution < 1.29 is 4.79 Å². The number of ketones is 1. The molecule has 0 saturated heterocycles. The van der Waals surface area contributed by atoms with Gasteiger partial charge in [-0.05, 0) is 62.9 Å². The summed E-state index contributed by atoms with van der Waals surface area (Å²) in [4.78, 5) is 12.5. The van der Waals surface area contributed by atoms with Gasteiger partial charge in [-0.15, -0.1) is 0 Å². The maximum absolute atomic E-state index is 12.5. The number of hydrogen-bond acceptors (Lipinski definition) is 1. The van der Waals surface area contributed by atoms with Crippen LogP contribution in [0.15, 0.2) is 11.6 Å². The Hall–Kier alpha value is -0.590. The fraction of sp³-hybridized carbons (Fsp3) is 0.824. The minimum Gasteiger partial charge on any atom is -0.294 e. The average Bonchev–Trinajstić information content (AvgIpc) is 2.68. The molecule has 0 heterocycles. The predicted molar refractivity (Wildman–Crippen MR) is 76.5 cm³/mol. The number of allylic oxidation sites excluding steroid dienone is 2. The van der Waals surface area contributed by atoms with E-state index in [9.17, 15) is 4.79 Å². The van der Waals surface area contributed by atoms with Gasteiger partial charge in [0.15, 0.2) is 5.78 Å². The normalized spacial score (nSPS) is 29.5. The largest absolute Gasteiger partial charge is 0.294 e. The predicted octanol–water partition coefficient (Wildman–Crippen LogP) is 5.05. The third-order valence-electron chi connectivity index (χ3n) is 4.77. The minimum atomic E-state index is 0.363. The lowest BCUT2D eigenvalue weighted by molar-refractivity contribution is -0.120. The van der Waals surface area contributed by atoms with Crippen molar-refractivity contribution in [3.05, 3.63) is 11.6 Å². The number of hydrogen-bond donors (Lipinski definition) is 0. The van der Waals surface area contributed by atoms with Crippen LogP contribution in [-0.4, -0.2) is 5.78 Å². The SMILES string of the molecule is CCCC1CCC(C(=O)C2=CCCCCC2)CC1. The van der Waals surface area contributed by atoms with E-state index >= 15 is 0 Å². The van der Waals surface area contributed by atoms with Crippen molar-refractivity contribution in [2.45, 2.75) is 77.6 Å².